The van der Waals surface area contributed by atoms with E-state index in [9.17, 15) is 14.4 Å². The zero-order chi connectivity index (χ0) is 18.9. The molecule has 0 unspecified atom stereocenters. The van der Waals surface area contributed by atoms with Crippen molar-refractivity contribution in [3.05, 3.63) is 29.8 Å². The molecule has 0 atom stereocenters. The van der Waals surface area contributed by atoms with Crippen LogP contribution >= 0.6 is 11.8 Å². The summed E-state index contributed by atoms with van der Waals surface area (Å²) < 4.78 is 4.63. The van der Waals surface area contributed by atoms with Crippen molar-refractivity contribution in [1.82, 2.24) is 4.90 Å². The Kier molecular flexibility index (Phi) is 7.97. The molecule has 0 aromatic heterocycles. The monoisotopic (exact) mass is 378 g/mol. The predicted octanol–water partition coefficient (Wildman–Crippen LogP) is 2.94. The third-order valence-corrected chi connectivity index (χ3v) is 5.48. The van der Waals surface area contributed by atoms with E-state index in [-0.39, 0.29) is 17.6 Å². The summed E-state index contributed by atoms with van der Waals surface area (Å²) in [6.45, 7) is 0. The number of amides is 2. The largest absolute Gasteiger partial charge is 0.465 e. The van der Waals surface area contributed by atoms with Crippen LogP contribution in [0.5, 0.6) is 0 Å². The summed E-state index contributed by atoms with van der Waals surface area (Å²) in [5.41, 5.74) is 1.03. The Labute approximate surface area is 158 Å². The highest BCUT2D eigenvalue weighted by Gasteiger charge is 2.21. The molecule has 1 fully saturated rings. The molecule has 6 nitrogen and oxygen atoms in total. The Morgan fingerprint density at radius 2 is 1.77 bits per heavy atom. The minimum atomic E-state index is -0.418. The topological polar surface area (TPSA) is 75.7 Å². The van der Waals surface area contributed by atoms with Crippen LogP contribution in [0.4, 0.5) is 5.69 Å². The molecule has 26 heavy (non-hydrogen) atoms. The van der Waals surface area contributed by atoms with Crippen LogP contribution in [0.1, 0.15) is 42.5 Å². The molecule has 0 heterocycles. The molecule has 0 radical (unpaired) electrons. The molecule has 0 aliphatic heterocycles. The number of rotatable bonds is 7. The molecule has 0 bridgehead atoms. The smallest absolute Gasteiger partial charge is 0.337 e. The van der Waals surface area contributed by atoms with E-state index in [0.717, 1.165) is 12.8 Å². The highest BCUT2D eigenvalue weighted by molar-refractivity contribution is 8.00. The fraction of sp³-hybridized carbons (Fsp3) is 0.526. The normalized spacial score (nSPS) is 14.5. The van der Waals surface area contributed by atoms with Crippen molar-refractivity contribution in [2.45, 2.75) is 38.1 Å². The van der Waals surface area contributed by atoms with Crippen molar-refractivity contribution in [1.29, 1.82) is 0 Å². The second-order valence-electron chi connectivity index (χ2n) is 6.41. The lowest BCUT2D eigenvalue weighted by molar-refractivity contribution is -0.129. The fourth-order valence-electron chi connectivity index (χ4n) is 3.01. The van der Waals surface area contributed by atoms with Crippen molar-refractivity contribution in [3.8, 4) is 0 Å². The predicted molar refractivity (Wildman–Crippen MR) is 103 cm³/mol. The molecule has 0 spiro atoms. The van der Waals surface area contributed by atoms with E-state index in [2.05, 4.69) is 10.1 Å². The summed E-state index contributed by atoms with van der Waals surface area (Å²) >= 11 is 1.32. The minimum Gasteiger partial charge on any atom is -0.465 e. The quantitative estimate of drug-likeness (QED) is 0.739. The number of thioether (sulfide) groups is 1. The van der Waals surface area contributed by atoms with Crippen LogP contribution in [0.2, 0.25) is 0 Å². The van der Waals surface area contributed by atoms with Gasteiger partial charge in [-0.25, -0.2) is 4.79 Å². The summed E-state index contributed by atoms with van der Waals surface area (Å²) in [5.74, 6) is 0.00938. The fourth-order valence-corrected chi connectivity index (χ4v) is 3.75. The average molecular weight is 378 g/mol. The lowest BCUT2D eigenvalue weighted by Crippen LogP contribution is -2.39. The first-order valence-corrected chi connectivity index (χ1v) is 9.98. The molecular weight excluding hydrogens is 352 g/mol. The van der Waals surface area contributed by atoms with E-state index >= 15 is 0 Å². The first kappa shape index (κ1) is 20.3. The number of anilines is 1. The first-order valence-electron chi connectivity index (χ1n) is 8.83. The summed E-state index contributed by atoms with van der Waals surface area (Å²) in [6.07, 6.45) is 5.79. The van der Waals surface area contributed by atoms with Gasteiger partial charge in [-0.3, -0.25) is 9.59 Å². The Hall–Kier alpha value is -2.02. The van der Waals surface area contributed by atoms with Gasteiger partial charge in [-0.05, 0) is 37.1 Å². The summed E-state index contributed by atoms with van der Waals surface area (Å²) in [4.78, 5) is 37.4. The molecule has 2 rings (SSSR count). The molecular formula is C19H26N2O4S. The molecule has 1 saturated carbocycles. The average Bonchev–Trinajstić information content (AvgIpc) is 2.68. The van der Waals surface area contributed by atoms with Gasteiger partial charge in [0.05, 0.1) is 24.2 Å². The third kappa shape index (κ3) is 6.05. The van der Waals surface area contributed by atoms with Crippen molar-refractivity contribution < 1.29 is 19.1 Å². The number of ether oxygens (including phenoxy) is 1. The first-order chi connectivity index (χ1) is 12.5. The van der Waals surface area contributed by atoms with E-state index in [1.54, 1.807) is 24.3 Å². The zero-order valence-corrected chi connectivity index (χ0v) is 16.1. The van der Waals surface area contributed by atoms with Gasteiger partial charge in [0, 0.05) is 18.8 Å². The standard InChI is InChI=1S/C19H26N2O4S/c1-21(16-6-4-3-5-7-16)18(23)13-26-12-17(22)20-15-10-8-14(9-11-15)19(24)25-2/h8-11,16H,3-7,12-13H2,1-2H3,(H,20,22). The van der Waals surface area contributed by atoms with Gasteiger partial charge in [-0.1, -0.05) is 19.3 Å². The highest BCUT2D eigenvalue weighted by Crippen LogP contribution is 2.22. The maximum atomic E-state index is 12.2. The maximum absolute atomic E-state index is 12.2. The molecule has 1 aromatic rings. The van der Waals surface area contributed by atoms with E-state index in [4.69, 9.17) is 0 Å². The van der Waals surface area contributed by atoms with Crippen molar-refractivity contribution >= 4 is 35.2 Å². The van der Waals surface area contributed by atoms with Crippen molar-refractivity contribution in [2.24, 2.45) is 0 Å². The molecule has 1 aliphatic carbocycles. The van der Waals surface area contributed by atoms with Crippen LogP contribution in [-0.2, 0) is 14.3 Å². The Morgan fingerprint density at radius 1 is 1.12 bits per heavy atom. The van der Waals surface area contributed by atoms with Crippen LogP contribution in [0, 0.1) is 0 Å². The van der Waals surface area contributed by atoms with Gasteiger partial charge in [0.1, 0.15) is 0 Å². The number of hydrogen-bond donors (Lipinski definition) is 1. The lowest BCUT2D eigenvalue weighted by Gasteiger charge is -2.31. The number of benzene rings is 1. The van der Waals surface area contributed by atoms with E-state index in [1.165, 1.54) is 38.1 Å². The third-order valence-electron chi connectivity index (χ3n) is 4.56. The summed E-state index contributed by atoms with van der Waals surface area (Å²) in [5, 5.41) is 2.76. The molecule has 1 aliphatic rings. The Morgan fingerprint density at radius 3 is 2.38 bits per heavy atom. The van der Waals surface area contributed by atoms with Crippen LogP contribution < -0.4 is 5.32 Å². The highest BCUT2D eigenvalue weighted by atomic mass is 32.2. The van der Waals surface area contributed by atoms with Gasteiger partial charge >= 0.3 is 5.97 Å². The lowest BCUT2D eigenvalue weighted by atomic mass is 9.94. The van der Waals surface area contributed by atoms with Gasteiger partial charge in [0.15, 0.2) is 0 Å². The minimum absolute atomic E-state index is 0.0807. The molecule has 7 heteroatoms. The van der Waals surface area contributed by atoms with E-state index in [0.29, 0.717) is 23.0 Å². The number of carbonyl (C=O) groups is 3. The Bertz CT molecular complexity index is 627. The zero-order valence-electron chi connectivity index (χ0n) is 15.3. The number of hydrogen-bond acceptors (Lipinski definition) is 5. The SMILES string of the molecule is COC(=O)c1ccc(NC(=O)CSCC(=O)N(C)C2CCCCC2)cc1. The van der Waals surface area contributed by atoms with Crippen LogP contribution in [-0.4, -0.2) is 54.4 Å². The molecule has 1 N–H and O–H groups in total. The van der Waals surface area contributed by atoms with Gasteiger partial charge < -0.3 is 15.0 Å². The van der Waals surface area contributed by atoms with Crippen molar-refractivity contribution in [3.63, 3.8) is 0 Å². The summed E-state index contributed by atoms with van der Waals surface area (Å²) in [6, 6.07) is 6.83. The van der Waals surface area contributed by atoms with Crippen LogP contribution in [0.15, 0.2) is 24.3 Å². The van der Waals surface area contributed by atoms with Crippen LogP contribution in [0.25, 0.3) is 0 Å². The van der Waals surface area contributed by atoms with Gasteiger partial charge in [-0.2, -0.15) is 0 Å². The molecule has 0 saturated heterocycles. The van der Waals surface area contributed by atoms with Gasteiger partial charge in [-0.15, -0.1) is 11.8 Å². The number of nitrogens with one attached hydrogen (secondary N) is 1. The number of nitrogens with zero attached hydrogens (tertiary/aromatic N) is 1. The number of carbonyl (C=O) groups excluding carboxylic acids is 3. The van der Waals surface area contributed by atoms with Gasteiger partial charge in [0.25, 0.3) is 0 Å². The number of methoxy groups -OCH3 is 1. The number of esters is 1. The molecule has 2 amide bonds. The second kappa shape index (κ2) is 10.2. The van der Waals surface area contributed by atoms with Crippen molar-refractivity contribution in [2.75, 3.05) is 31.0 Å². The maximum Gasteiger partial charge on any atom is 0.337 e. The van der Waals surface area contributed by atoms with E-state index < -0.39 is 5.97 Å². The second-order valence-corrected chi connectivity index (χ2v) is 7.39. The molecule has 1 aromatic carbocycles. The summed E-state index contributed by atoms with van der Waals surface area (Å²) in [7, 11) is 3.18. The molecule has 142 valence electrons. The Balaban J connectivity index is 1.71. The van der Waals surface area contributed by atoms with E-state index in [1.807, 2.05) is 11.9 Å². The van der Waals surface area contributed by atoms with Crippen LogP contribution in [0.3, 0.4) is 0 Å². The van der Waals surface area contributed by atoms with Gasteiger partial charge in [0.2, 0.25) is 11.8 Å².